The maximum absolute atomic E-state index is 6.06. The van der Waals surface area contributed by atoms with E-state index >= 15 is 0 Å². The van der Waals surface area contributed by atoms with Crippen LogP contribution >= 0.6 is 11.6 Å². The topological polar surface area (TPSA) is 19.4 Å². The minimum absolute atomic E-state index is 0.797. The van der Waals surface area contributed by atoms with Crippen molar-refractivity contribution in [3.8, 4) is 0 Å². The molecule has 20 heavy (non-hydrogen) atoms. The Morgan fingerprint density at radius 2 is 1.65 bits per heavy atom. The Labute approximate surface area is 124 Å². The molecule has 0 saturated carbocycles. The Bertz CT molecular complexity index is 538. The highest BCUT2D eigenvalue weighted by Gasteiger charge is 2.18. The summed E-state index contributed by atoms with van der Waals surface area (Å²) in [7, 11) is 0. The van der Waals surface area contributed by atoms with Gasteiger partial charge in [0, 0.05) is 42.6 Å². The molecule has 0 aliphatic carbocycles. The second-order valence-corrected chi connectivity index (χ2v) is 5.53. The fraction of sp³-hybridized carbons (Fsp3) is 0.312. The zero-order valence-corrected chi connectivity index (χ0v) is 12.3. The fourth-order valence-corrected chi connectivity index (χ4v) is 2.76. The number of pyridine rings is 1. The zero-order chi connectivity index (χ0) is 13.9. The molecule has 0 radical (unpaired) electrons. The molecule has 0 spiro atoms. The van der Waals surface area contributed by atoms with Crippen LogP contribution in [0.25, 0.3) is 0 Å². The minimum atomic E-state index is 0.797. The van der Waals surface area contributed by atoms with Gasteiger partial charge in [-0.05, 0) is 37.3 Å². The van der Waals surface area contributed by atoms with E-state index in [4.69, 9.17) is 11.6 Å². The summed E-state index contributed by atoms with van der Waals surface area (Å²) in [6.45, 7) is 6.00. The molecule has 0 amide bonds. The van der Waals surface area contributed by atoms with Gasteiger partial charge < -0.3 is 9.80 Å². The van der Waals surface area contributed by atoms with E-state index in [9.17, 15) is 0 Å². The van der Waals surface area contributed by atoms with Crippen LogP contribution in [0.4, 0.5) is 11.5 Å². The standard InChI is InChI=1S/C16H18ClN3/c1-13-4-2-7-16(18-13)20-10-8-19(9-11-20)15-6-3-5-14(17)12-15/h2-7,12H,8-11H2,1H3. The summed E-state index contributed by atoms with van der Waals surface area (Å²) in [6.07, 6.45) is 0. The smallest absolute Gasteiger partial charge is 0.128 e. The third kappa shape index (κ3) is 2.88. The highest BCUT2D eigenvalue weighted by Crippen LogP contribution is 2.22. The second kappa shape index (κ2) is 5.71. The van der Waals surface area contributed by atoms with Gasteiger partial charge in [0.05, 0.1) is 0 Å². The van der Waals surface area contributed by atoms with E-state index < -0.39 is 0 Å². The molecule has 0 N–H and O–H groups in total. The number of rotatable bonds is 2. The molecule has 4 heteroatoms. The predicted octanol–water partition coefficient (Wildman–Crippen LogP) is 3.37. The largest absolute Gasteiger partial charge is 0.368 e. The molecule has 0 unspecified atom stereocenters. The number of hydrogen-bond donors (Lipinski definition) is 0. The summed E-state index contributed by atoms with van der Waals surface area (Å²) in [5.41, 5.74) is 2.27. The Morgan fingerprint density at radius 1 is 0.950 bits per heavy atom. The van der Waals surface area contributed by atoms with Crippen molar-refractivity contribution in [2.75, 3.05) is 36.0 Å². The van der Waals surface area contributed by atoms with E-state index in [1.54, 1.807) is 0 Å². The molecule has 1 saturated heterocycles. The van der Waals surface area contributed by atoms with Crippen molar-refractivity contribution in [1.82, 2.24) is 4.98 Å². The molecule has 3 rings (SSSR count). The molecular formula is C16H18ClN3. The van der Waals surface area contributed by atoms with Crippen LogP contribution in [0.1, 0.15) is 5.69 Å². The van der Waals surface area contributed by atoms with Gasteiger partial charge in [-0.1, -0.05) is 23.7 Å². The van der Waals surface area contributed by atoms with Crippen molar-refractivity contribution < 1.29 is 0 Å². The number of aryl methyl sites for hydroxylation is 1. The van der Waals surface area contributed by atoms with E-state index in [-0.39, 0.29) is 0 Å². The fourth-order valence-electron chi connectivity index (χ4n) is 2.57. The predicted molar refractivity (Wildman–Crippen MR) is 84.9 cm³/mol. The van der Waals surface area contributed by atoms with Gasteiger partial charge in [0.25, 0.3) is 0 Å². The first-order valence-electron chi connectivity index (χ1n) is 6.91. The van der Waals surface area contributed by atoms with E-state index in [2.05, 4.69) is 33.0 Å². The summed E-state index contributed by atoms with van der Waals surface area (Å²) >= 11 is 6.06. The van der Waals surface area contributed by atoms with Crippen molar-refractivity contribution in [3.63, 3.8) is 0 Å². The lowest BCUT2D eigenvalue weighted by Crippen LogP contribution is -2.46. The Balaban J connectivity index is 1.68. The molecule has 2 aromatic rings. The summed E-state index contributed by atoms with van der Waals surface area (Å²) < 4.78 is 0. The van der Waals surface area contributed by atoms with E-state index in [0.29, 0.717) is 0 Å². The Morgan fingerprint density at radius 3 is 2.35 bits per heavy atom. The van der Waals surface area contributed by atoms with E-state index in [0.717, 1.165) is 42.7 Å². The normalized spacial score (nSPS) is 15.5. The first kappa shape index (κ1) is 13.3. The van der Waals surface area contributed by atoms with Crippen molar-refractivity contribution in [2.45, 2.75) is 6.92 Å². The molecule has 2 heterocycles. The number of benzene rings is 1. The quantitative estimate of drug-likeness (QED) is 0.844. The number of aromatic nitrogens is 1. The second-order valence-electron chi connectivity index (χ2n) is 5.09. The van der Waals surface area contributed by atoms with Crippen LogP contribution in [0.15, 0.2) is 42.5 Å². The Hall–Kier alpha value is -1.74. The van der Waals surface area contributed by atoms with Gasteiger partial charge in [-0.2, -0.15) is 0 Å². The molecule has 1 fully saturated rings. The molecule has 0 bridgehead atoms. The number of halogens is 1. The van der Waals surface area contributed by atoms with Crippen LogP contribution in [0.5, 0.6) is 0 Å². The van der Waals surface area contributed by atoms with Crippen LogP contribution in [0.2, 0.25) is 5.02 Å². The molecule has 104 valence electrons. The number of nitrogens with zero attached hydrogens (tertiary/aromatic N) is 3. The Kier molecular flexibility index (Phi) is 3.79. The lowest BCUT2D eigenvalue weighted by Gasteiger charge is -2.36. The van der Waals surface area contributed by atoms with Gasteiger partial charge in [0.2, 0.25) is 0 Å². The van der Waals surface area contributed by atoms with Gasteiger partial charge in [0.15, 0.2) is 0 Å². The maximum Gasteiger partial charge on any atom is 0.128 e. The van der Waals surface area contributed by atoms with Crippen LogP contribution < -0.4 is 9.80 Å². The van der Waals surface area contributed by atoms with Crippen LogP contribution in [-0.4, -0.2) is 31.2 Å². The zero-order valence-electron chi connectivity index (χ0n) is 11.6. The SMILES string of the molecule is Cc1cccc(N2CCN(c3cccc(Cl)c3)CC2)n1. The van der Waals surface area contributed by atoms with Gasteiger partial charge in [-0.3, -0.25) is 0 Å². The lowest BCUT2D eigenvalue weighted by atomic mass is 10.2. The van der Waals surface area contributed by atoms with Crippen LogP contribution in [-0.2, 0) is 0 Å². The van der Waals surface area contributed by atoms with Crippen LogP contribution in [0.3, 0.4) is 0 Å². The van der Waals surface area contributed by atoms with Crippen molar-refractivity contribution >= 4 is 23.1 Å². The third-order valence-electron chi connectivity index (χ3n) is 3.65. The summed E-state index contributed by atoms with van der Waals surface area (Å²) in [5, 5.41) is 0.797. The minimum Gasteiger partial charge on any atom is -0.368 e. The molecule has 1 aromatic carbocycles. The number of piperazine rings is 1. The maximum atomic E-state index is 6.06. The molecule has 0 atom stereocenters. The summed E-state index contributed by atoms with van der Waals surface area (Å²) in [4.78, 5) is 9.31. The highest BCUT2D eigenvalue weighted by molar-refractivity contribution is 6.30. The van der Waals surface area contributed by atoms with E-state index in [1.807, 2.05) is 31.2 Å². The van der Waals surface area contributed by atoms with Crippen molar-refractivity contribution in [2.24, 2.45) is 0 Å². The first-order chi connectivity index (χ1) is 9.72. The lowest BCUT2D eigenvalue weighted by molar-refractivity contribution is 0.647. The van der Waals surface area contributed by atoms with Crippen molar-refractivity contribution in [3.05, 3.63) is 53.2 Å². The average Bonchev–Trinajstić information content (AvgIpc) is 2.47. The van der Waals surface area contributed by atoms with Gasteiger partial charge in [-0.15, -0.1) is 0 Å². The summed E-state index contributed by atoms with van der Waals surface area (Å²) in [6, 6.07) is 14.3. The first-order valence-corrected chi connectivity index (χ1v) is 7.29. The monoisotopic (exact) mass is 287 g/mol. The van der Waals surface area contributed by atoms with Crippen molar-refractivity contribution in [1.29, 1.82) is 0 Å². The number of hydrogen-bond acceptors (Lipinski definition) is 3. The van der Waals surface area contributed by atoms with Gasteiger partial charge in [0.1, 0.15) is 5.82 Å². The molecule has 1 aromatic heterocycles. The number of anilines is 2. The molecule has 1 aliphatic rings. The average molecular weight is 288 g/mol. The highest BCUT2D eigenvalue weighted by atomic mass is 35.5. The van der Waals surface area contributed by atoms with Gasteiger partial charge in [-0.25, -0.2) is 4.98 Å². The summed E-state index contributed by atoms with van der Waals surface area (Å²) in [5.74, 6) is 1.08. The molecule has 3 nitrogen and oxygen atoms in total. The molecule has 1 aliphatic heterocycles. The third-order valence-corrected chi connectivity index (χ3v) is 3.89. The van der Waals surface area contributed by atoms with Gasteiger partial charge >= 0.3 is 0 Å². The van der Waals surface area contributed by atoms with E-state index in [1.165, 1.54) is 5.69 Å². The molecular weight excluding hydrogens is 270 g/mol. The van der Waals surface area contributed by atoms with Crippen LogP contribution in [0, 0.1) is 6.92 Å².